The Morgan fingerprint density at radius 2 is 1.80 bits per heavy atom. The first kappa shape index (κ1) is 14.0. The second-order valence-corrected chi connectivity index (χ2v) is 4.22. The minimum atomic E-state index is -0.0964. The van der Waals surface area contributed by atoms with Crippen LogP contribution in [0.2, 0.25) is 0 Å². The van der Waals surface area contributed by atoms with Crippen LogP contribution in [-0.2, 0) is 6.54 Å². The molecule has 1 aromatic heterocycles. The van der Waals surface area contributed by atoms with Crippen LogP contribution in [0.3, 0.4) is 0 Å². The van der Waals surface area contributed by atoms with Crippen LogP contribution in [0.5, 0.6) is 11.5 Å². The Morgan fingerprint density at radius 1 is 1.10 bits per heavy atom. The van der Waals surface area contributed by atoms with Gasteiger partial charge in [-0.1, -0.05) is 12.1 Å². The van der Waals surface area contributed by atoms with Gasteiger partial charge in [0.2, 0.25) is 0 Å². The van der Waals surface area contributed by atoms with Gasteiger partial charge in [0.1, 0.15) is 6.61 Å². The van der Waals surface area contributed by atoms with Gasteiger partial charge in [0, 0.05) is 18.0 Å². The number of aromatic nitrogens is 1. The van der Waals surface area contributed by atoms with E-state index >= 15 is 0 Å². The SMILES string of the molecule is CCOc1ccccc1OCCn1cc(N)ccc1=O. The molecule has 0 atom stereocenters. The Bertz CT molecular complexity index is 623. The van der Waals surface area contributed by atoms with Crippen molar-refractivity contribution in [2.45, 2.75) is 13.5 Å². The molecule has 0 unspecified atom stereocenters. The van der Waals surface area contributed by atoms with E-state index < -0.39 is 0 Å². The molecule has 5 heteroatoms. The van der Waals surface area contributed by atoms with Crippen molar-refractivity contribution in [1.82, 2.24) is 4.57 Å². The van der Waals surface area contributed by atoms with Gasteiger partial charge < -0.3 is 19.8 Å². The number of hydrogen-bond acceptors (Lipinski definition) is 4. The molecule has 0 aliphatic rings. The predicted octanol–water partition coefficient (Wildman–Crippen LogP) is 1.91. The molecule has 0 bridgehead atoms. The minimum absolute atomic E-state index is 0.0964. The maximum atomic E-state index is 11.6. The summed E-state index contributed by atoms with van der Waals surface area (Å²) in [5.74, 6) is 1.38. The van der Waals surface area contributed by atoms with E-state index in [-0.39, 0.29) is 5.56 Å². The maximum absolute atomic E-state index is 11.6. The lowest BCUT2D eigenvalue weighted by Gasteiger charge is -2.12. The van der Waals surface area contributed by atoms with Crippen LogP contribution in [0.4, 0.5) is 5.69 Å². The molecule has 1 heterocycles. The summed E-state index contributed by atoms with van der Waals surface area (Å²) in [5, 5.41) is 0. The number of nitrogens with two attached hydrogens (primary N) is 1. The number of nitrogen functional groups attached to an aromatic ring is 1. The third-order valence-electron chi connectivity index (χ3n) is 2.75. The Kier molecular flexibility index (Phi) is 4.65. The van der Waals surface area contributed by atoms with Gasteiger partial charge in [0.15, 0.2) is 11.5 Å². The fraction of sp³-hybridized carbons (Fsp3) is 0.267. The molecule has 0 radical (unpaired) electrons. The molecule has 0 saturated carbocycles. The average molecular weight is 274 g/mol. The summed E-state index contributed by atoms with van der Waals surface area (Å²) in [6, 6.07) is 10.5. The third kappa shape index (κ3) is 3.54. The van der Waals surface area contributed by atoms with Crippen LogP contribution < -0.4 is 20.8 Å². The van der Waals surface area contributed by atoms with E-state index in [1.54, 1.807) is 12.3 Å². The highest BCUT2D eigenvalue weighted by molar-refractivity contribution is 5.39. The number of pyridine rings is 1. The fourth-order valence-electron chi connectivity index (χ4n) is 1.82. The summed E-state index contributed by atoms with van der Waals surface area (Å²) < 4.78 is 12.7. The smallest absolute Gasteiger partial charge is 0.250 e. The predicted molar refractivity (Wildman–Crippen MR) is 78.2 cm³/mol. The first-order valence-corrected chi connectivity index (χ1v) is 6.51. The molecule has 20 heavy (non-hydrogen) atoms. The summed E-state index contributed by atoms with van der Waals surface area (Å²) in [4.78, 5) is 11.6. The van der Waals surface area contributed by atoms with Crippen molar-refractivity contribution in [3.05, 3.63) is 52.9 Å². The van der Waals surface area contributed by atoms with E-state index in [0.29, 0.717) is 36.9 Å². The topological polar surface area (TPSA) is 66.5 Å². The molecular weight excluding hydrogens is 256 g/mol. The van der Waals surface area contributed by atoms with E-state index in [9.17, 15) is 4.79 Å². The molecule has 0 aliphatic heterocycles. The Labute approximate surface area is 117 Å². The van der Waals surface area contributed by atoms with Crippen molar-refractivity contribution in [3.8, 4) is 11.5 Å². The van der Waals surface area contributed by atoms with Crippen molar-refractivity contribution in [2.75, 3.05) is 18.9 Å². The molecule has 0 spiro atoms. The van der Waals surface area contributed by atoms with Crippen molar-refractivity contribution < 1.29 is 9.47 Å². The number of ether oxygens (including phenoxy) is 2. The summed E-state index contributed by atoms with van der Waals surface area (Å²) in [6.07, 6.45) is 1.61. The number of nitrogens with zero attached hydrogens (tertiary/aromatic N) is 1. The zero-order valence-electron chi connectivity index (χ0n) is 11.4. The van der Waals surface area contributed by atoms with Crippen molar-refractivity contribution >= 4 is 5.69 Å². The number of anilines is 1. The normalized spacial score (nSPS) is 10.2. The number of hydrogen-bond donors (Lipinski definition) is 1. The molecule has 2 aromatic rings. The van der Waals surface area contributed by atoms with E-state index in [1.807, 2.05) is 31.2 Å². The Morgan fingerprint density at radius 3 is 2.50 bits per heavy atom. The molecule has 106 valence electrons. The molecule has 1 aromatic carbocycles. The summed E-state index contributed by atoms with van der Waals surface area (Å²) in [5.41, 5.74) is 6.11. The van der Waals surface area contributed by atoms with Crippen LogP contribution in [0, 0.1) is 0 Å². The number of rotatable bonds is 6. The summed E-state index contributed by atoms with van der Waals surface area (Å²) >= 11 is 0. The third-order valence-corrected chi connectivity index (χ3v) is 2.75. The lowest BCUT2D eigenvalue weighted by atomic mass is 10.3. The highest BCUT2D eigenvalue weighted by Gasteiger charge is 2.03. The largest absolute Gasteiger partial charge is 0.490 e. The first-order valence-electron chi connectivity index (χ1n) is 6.51. The molecule has 0 saturated heterocycles. The Hall–Kier alpha value is -2.43. The summed E-state index contributed by atoms with van der Waals surface area (Å²) in [6.45, 7) is 3.30. The average Bonchev–Trinajstić information content (AvgIpc) is 2.45. The molecule has 5 nitrogen and oxygen atoms in total. The molecule has 0 amide bonds. The molecule has 0 aliphatic carbocycles. The van der Waals surface area contributed by atoms with E-state index in [0.717, 1.165) is 0 Å². The van der Waals surface area contributed by atoms with Gasteiger partial charge in [-0.2, -0.15) is 0 Å². The highest BCUT2D eigenvalue weighted by Crippen LogP contribution is 2.26. The van der Waals surface area contributed by atoms with Crippen LogP contribution >= 0.6 is 0 Å². The minimum Gasteiger partial charge on any atom is -0.490 e. The highest BCUT2D eigenvalue weighted by atomic mass is 16.5. The van der Waals surface area contributed by atoms with E-state index in [1.165, 1.54) is 10.6 Å². The second-order valence-electron chi connectivity index (χ2n) is 4.22. The van der Waals surface area contributed by atoms with Gasteiger partial charge in [-0.25, -0.2) is 0 Å². The van der Waals surface area contributed by atoms with Gasteiger partial charge in [-0.05, 0) is 25.1 Å². The van der Waals surface area contributed by atoms with Crippen molar-refractivity contribution in [3.63, 3.8) is 0 Å². The maximum Gasteiger partial charge on any atom is 0.250 e. The van der Waals surface area contributed by atoms with Gasteiger partial charge in [-0.15, -0.1) is 0 Å². The monoisotopic (exact) mass is 274 g/mol. The molecular formula is C15H18N2O3. The van der Waals surface area contributed by atoms with E-state index in [4.69, 9.17) is 15.2 Å². The zero-order valence-corrected chi connectivity index (χ0v) is 11.4. The van der Waals surface area contributed by atoms with Crippen LogP contribution in [0.25, 0.3) is 0 Å². The van der Waals surface area contributed by atoms with Crippen LogP contribution in [0.15, 0.2) is 47.4 Å². The van der Waals surface area contributed by atoms with Crippen LogP contribution in [-0.4, -0.2) is 17.8 Å². The summed E-state index contributed by atoms with van der Waals surface area (Å²) in [7, 11) is 0. The zero-order chi connectivity index (χ0) is 14.4. The first-order chi connectivity index (χ1) is 9.70. The van der Waals surface area contributed by atoms with Gasteiger partial charge in [0.25, 0.3) is 5.56 Å². The van der Waals surface area contributed by atoms with Crippen LogP contribution in [0.1, 0.15) is 6.92 Å². The van der Waals surface area contributed by atoms with Gasteiger partial charge >= 0.3 is 0 Å². The molecule has 2 N–H and O–H groups in total. The lowest BCUT2D eigenvalue weighted by Crippen LogP contribution is -2.22. The molecule has 0 fully saturated rings. The van der Waals surface area contributed by atoms with Crippen molar-refractivity contribution in [1.29, 1.82) is 0 Å². The van der Waals surface area contributed by atoms with Gasteiger partial charge in [0.05, 0.1) is 13.2 Å². The second kappa shape index (κ2) is 6.65. The van der Waals surface area contributed by atoms with Crippen molar-refractivity contribution in [2.24, 2.45) is 0 Å². The molecule has 2 rings (SSSR count). The quantitative estimate of drug-likeness (QED) is 0.873. The Balaban J connectivity index is 1.99. The number of para-hydroxylation sites is 2. The fourth-order valence-corrected chi connectivity index (χ4v) is 1.82. The number of benzene rings is 1. The standard InChI is InChI=1S/C15H18N2O3/c1-2-19-13-5-3-4-6-14(13)20-10-9-17-11-12(16)7-8-15(17)18/h3-8,11H,2,9-10,16H2,1H3. The van der Waals surface area contributed by atoms with E-state index in [2.05, 4.69) is 0 Å². The van der Waals surface area contributed by atoms with Gasteiger partial charge in [-0.3, -0.25) is 4.79 Å². The lowest BCUT2D eigenvalue weighted by molar-refractivity contribution is 0.265.